The Morgan fingerprint density at radius 3 is 2.47 bits per heavy atom. The van der Waals surface area contributed by atoms with Gasteiger partial charge in [0.25, 0.3) is 0 Å². The number of aryl methyl sites for hydroxylation is 2. The monoisotopic (exact) mass is 278 g/mol. The second-order valence-electron chi connectivity index (χ2n) is 4.35. The van der Waals surface area contributed by atoms with Gasteiger partial charge in [0.2, 0.25) is 0 Å². The van der Waals surface area contributed by atoms with Gasteiger partial charge >= 0.3 is 6.18 Å². The van der Waals surface area contributed by atoms with Crippen molar-refractivity contribution in [1.82, 2.24) is 9.78 Å². The number of carbonyl (C=O) groups is 1. The highest BCUT2D eigenvalue weighted by atomic mass is 19.4. The first kappa shape index (κ1) is 15.7. The van der Waals surface area contributed by atoms with Gasteiger partial charge in [-0.2, -0.15) is 18.3 Å². The topological polar surface area (TPSA) is 44.1 Å². The van der Waals surface area contributed by atoms with E-state index in [9.17, 15) is 18.0 Å². The predicted octanol–water partition coefficient (Wildman–Crippen LogP) is 2.67. The van der Waals surface area contributed by atoms with Crippen molar-refractivity contribution in [2.45, 2.75) is 39.9 Å². The van der Waals surface area contributed by atoms with Gasteiger partial charge in [0.05, 0.1) is 11.3 Å². The number of Topliss-reactive ketones (excluding diaryl/α,β-unsaturated/α-hetero) is 1. The summed E-state index contributed by atoms with van der Waals surface area (Å²) in [4.78, 5) is 11.4. The Hall–Kier alpha value is -1.37. The average Bonchev–Trinajstić information content (AvgIpc) is 2.51. The van der Waals surface area contributed by atoms with Crippen LogP contribution in [0, 0.1) is 13.8 Å². The van der Waals surface area contributed by atoms with Gasteiger partial charge in [-0.3, -0.25) is 9.48 Å². The maximum atomic E-state index is 11.8. The van der Waals surface area contributed by atoms with Crippen molar-refractivity contribution in [3.8, 4) is 0 Å². The van der Waals surface area contributed by atoms with Crippen LogP contribution in [0.2, 0.25) is 0 Å². The smallest absolute Gasteiger partial charge is 0.372 e. The van der Waals surface area contributed by atoms with Gasteiger partial charge in [-0.05, 0) is 27.2 Å². The number of ketones is 1. The fourth-order valence-corrected chi connectivity index (χ4v) is 1.93. The average molecular weight is 278 g/mol. The summed E-state index contributed by atoms with van der Waals surface area (Å²) < 4.78 is 41.6. The molecule has 1 aromatic rings. The maximum absolute atomic E-state index is 11.8. The Kier molecular flexibility index (Phi) is 5.11. The first-order chi connectivity index (χ1) is 8.72. The van der Waals surface area contributed by atoms with Crippen LogP contribution in [0.15, 0.2) is 0 Å². The highest BCUT2D eigenvalue weighted by molar-refractivity contribution is 5.96. The summed E-state index contributed by atoms with van der Waals surface area (Å²) in [5.41, 5.74) is 1.96. The Labute approximate surface area is 109 Å². The van der Waals surface area contributed by atoms with Crippen molar-refractivity contribution in [2.24, 2.45) is 0 Å². The van der Waals surface area contributed by atoms with E-state index in [0.29, 0.717) is 24.2 Å². The minimum absolute atomic E-state index is 0.00720. The van der Waals surface area contributed by atoms with Gasteiger partial charge in [-0.1, -0.05) is 0 Å². The molecule has 1 heterocycles. The molecular formula is C12H17F3N2O2. The minimum atomic E-state index is -4.29. The van der Waals surface area contributed by atoms with Crippen LogP contribution >= 0.6 is 0 Å². The lowest BCUT2D eigenvalue weighted by Gasteiger charge is -2.08. The van der Waals surface area contributed by atoms with Crippen molar-refractivity contribution in [2.75, 3.05) is 13.2 Å². The number of hydrogen-bond donors (Lipinski definition) is 0. The third kappa shape index (κ3) is 4.66. The minimum Gasteiger partial charge on any atom is -0.372 e. The Morgan fingerprint density at radius 2 is 2.00 bits per heavy atom. The van der Waals surface area contributed by atoms with E-state index in [0.717, 1.165) is 5.69 Å². The van der Waals surface area contributed by atoms with Crippen LogP contribution in [-0.2, 0) is 11.3 Å². The fourth-order valence-electron chi connectivity index (χ4n) is 1.93. The van der Waals surface area contributed by atoms with Crippen LogP contribution in [-0.4, -0.2) is 35.0 Å². The summed E-state index contributed by atoms with van der Waals surface area (Å²) in [7, 11) is 0. The van der Waals surface area contributed by atoms with Gasteiger partial charge in [-0.15, -0.1) is 0 Å². The molecule has 0 aliphatic heterocycles. The number of halogens is 3. The first-order valence-electron chi connectivity index (χ1n) is 5.92. The number of alkyl halides is 3. The number of hydrogen-bond acceptors (Lipinski definition) is 3. The van der Waals surface area contributed by atoms with Crippen molar-refractivity contribution >= 4 is 5.78 Å². The second kappa shape index (κ2) is 6.18. The molecule has 1 aromatic heterocycles. The number of ether oxygens (including phenoxy) is 1. The molecule has 4 nitrogen and oxygen atoms in total. The van der Waals surface area contributed by atoms with Crippen LogP contribution in [0.4, 0.5) is 13.2 Å². The maximum Gasteiger partial charge on any atom is 0.411 e. The van der Waals surface area contributed by atoms with Gasteiger partial charge < -0.3 is 4.74 Å². The van der Waals surface area contributed by atoms with Crippen molar-refractivity contribution < 1.29 is 22.7 Å². The molecule has 0 saturated carbocycles. The Morgan fingerprint density at radius 1 is 1.37 bits per heavy atom. The normalized spacial score (nSPS) is 11.9. The standard InChI is InChI=1S/C12H17F3N2O2/c1-8-11(10(3)18)9(2)17(16-8)5-4-6-19-7-12(13,14)15/h4-7H2,1-3H3. The highest BCUT2D eigenvalue weighted by Crippen LogP contribution is 2.15. The molecule has 1 rings (SSSR count). The lowest BCUT2D eigenvalue weighted by Crippen LogP contribution is -2.18. The second-order valence-corrected chi connectivity index (χ2v) is 4.35. The van der Waals surface area contributed by atoms with E-state index in [-0.39, 0.29) is 12.4 Å². The van der Waals surface area contributed by atoms with Gasteiger partial charge in [0, 0.05) is 18.8 Å². The Balaban J connectivity index is 2.47. The van der Waals surface area contributed by atoms with Crippen LogP contribution < -0.4 is 0 Å². The zero-order valence-corrected chi connectivity index (χ0v) is 11.2. The summed E-state index contributed by atoms with van der Waals surface area (Å²) in [6.45, 7) is 4.18. The predicted molar refractivity (Wildman–Crippen MR) is 63.2 cm³/mol. The Bertz CT molecular complexity index is 453. The molecule has 7 heteroatoms. The van der Waals surface area contributed by atoms with Crippen LogP contribution in [0.1, 0.15) is 35.1 Å². The van der Waals surface area contributed by atoms with E-state index in [1.807, 2.05) is 0 Å². The molecule has 0 aliphatic rings. The quantitative estimate of drug-likeness (QED) is 0.593. The summed E-state index contributed by atoms with van der Waals surface area (Å²) in [5, 5.41) is 4.20. The molecule has 0 unspecified atom stereocenters. The number of aromatic nitrogens is 2. The molecule has 0 radical (unpaired) electrons. The third-order valence-electron chi connectivity index (χ3n) is 2.66. The van der Waals surface area contributed by atoms with Crippen LogP contribution in [0.3, 0.4) is 0 Å². The van der Waals surface area contributed by atoms with E-state index < -0.39 is 12.8 Å². The summed E-state index contributed by atoms with van der Waals surface area (Å²) in [5.74, 6) is -0.0606. The molecule has 0 saturated heterocycles. The molecule has 0 bridgehead atoms. The van der Waals surface area contributed by atoms with Crippen molar-refractivity contribution in [3.05, 3.63) is 17.0 Å². The molecular weight excluding hydrogens is 261 g/mol. The SMILES string of the molecule is CC(=O)c1c(C)nn(CCCOCC(F)(F)F)c1C. The van der Waals surface area contributed by atoms with E-state index in [1.54, 1.807) is 18.5 Å². The molecule has 0 fully saturated rings. The van der Waals surface area contributed by atoms with Gasteiger partial charge in [0.1, 0.15) is 6.61 Å². The number of carbonyl (C=O) groups excluding carboxylic acids is 1. The largest absolute Gasteiger partial charge is 0.411 e. The van der Waals surface area contributed by atoms with Gasteiger partial charge in [0.15, 0.2) is 5.78 Å². The first-order valence-corrected chi connectivity index (χ1v) is 5.92. The molecule has 0 spiro atoms. The van der Waals surface area contributed by atoms with Crippen molar-refractivity contribution in [1.29, 1.82) is 0 Å². The van der Waals surface area contributed by atoms with Crippen LogP contribution in [0.5, 0.6) is 0 Å². The molecule has 0 aromatic carbocycles. The lowest BCUT2D eigenvalue weighted by atomic mass is 10.1. The summed E-state index contributed by atoms with van der Waals surface area (Å²) in [6.07, 6.45) is -3.88. The molecule has 19 heavy (non-hydrogen) atoms. The summed E-state index contributed by atoms with van der Waals surface area (Å²) >= 11 is 0. The van der Waals surface area contributed by atoms with Gasteiger partial charge in [-0.25, -0.2) is 0 Å². The molecule has 0 aliphatic carbocycles. The van der Waals surface area contributed by atoms with E-state index in [1.165, 1.54) is 6.92 Å². The number of rotatable bonds is 6. The molecule has 108 valence electrons. The summed E-state index contributed by atoms with van der Waals surface area (Å²) in [6, 6.07) is 0. The third-order valence-corrected chi connectivity index (χ3v) is 2.66. The van der Waals surface area contributed by atoms with Crippen LogP contribution in [0.25, 0.3) is 0 Å². The lowest BCUT2D eigenvalue weighted by molar-refractivity contribution is -0.174. The van der Waals surface area contributed by atoms with Crippen molar-refractivity contribution in [3.63, 3.8) is 0 Å². The molecule has 0 N–H and O–H groups in total. The van der Waals surface area contributed by atoms with E-state index in [4.69, 9.17) is 0 Å². The molecule has 0 atom stereocenters. The zero-order chi connectivity index (χ0) is 14.6. The fraction of sp³-hybridized carbons (Fsp3) is 0.667. The van der Waals surface area contributed by atoms with E-state index in [2.05, 4.69) is 9.84 Å². The zero-order valence-electron chi connectivity index (χ0n) is 11.2. The highest BCUT2D eigenvalue weighted by Gasteiger charge is 2.27. The number of nitrogens with zero attached hydrogens (tertiary/aromatic N) is 2. The van der Waals surface area contributed by atoms with E-state index >= 15 is 0 Å². The molecule has 0 amide bonds.